The average Bonchev–Trinajstić information content (AvgIpc) is 2.47. The van der Waals surface area contributed by atoms with Gasteiger partial charge in [0.15, 0.2) is 0 Å². The van der Waals surface area contributed by atoms with Crippen molar-refractivity contribution in [1.29, 1.82) is 0 Å². The van der Waals surface area contributed by atoms with Crippen molar-refractivity contribution in [3.8, 4) is 11.3 Å². The van der Waals surface area contributed by atoms with Crippen LogP contribution in [0.25, 0.3) is 32.5 Å². The first-order chi connectivity index (χ1) is 9.36. The predicted octanol–water partition coefficient (Wildman–Crippen LogP) is 4.84. The van der Waals surface area contributed by atoms with Gasteiger partial charge in [-0.15, -0.1) is 0 Å². The minimum absolute atomic E-state index is 0.593. The third-order valence-electron chi connectivity index (χ3n) is 2.93. The summed E-state index contributed by atoms with van der Waals surface area (Å²) in [5, 5.41) is 5.86. The number of rotatable bonds is 2. The van der Waals surface area contributed by atoms with Gasteiger partial charge in [0.25, 0.3) is 0 Å². The van der Waals surface area contributed by atoms with E-state index in [0.29, 0.717) is 5.69 Å². The van der Waals surface area contributed by atoms with Crippen LogP contribution in [0.4, 0.5) is 5.69 Å². The lowest BCUT2D eigenvalue weighted by molar-refractivity contribution is 1.35. The van der Waals surface area contributed by atoms with Crippen molar-refractivity contribution >= 4 is 16.5 Å². The molecule has 0 saturated carbocycles. The highest BCUT2D eigenvalue weighted by Crippen LogP contribution is 2.25. The number of benzene rings is 2. The number of hydrogen-bond donors (Lipinski definition) is 0. The molecule has 0 saturated heterocycles. The molecule has 4 nitrogen and oxygen atoms in total. The van der Waals surface area contributed by atoms with Gasteiger partial charge in [-0.25, -0.2) is 0 Å². The molecule has 3 aromatic rings. The Bertz CT molecular complexity index is 789. The molecule has 0 unspecified atom stereocenters. The summed E-state index contributed by atoms with van der Waals surface area (Å²) in [6, 6.07) is 17.5. The minimum atomic E-state index is 0.593. The van der Waals surface area contributed by atoms with Gasteiger partial charge in [-0.2, -0.15) is 0 Å². The van der Waals surface area contributed by atoms with Gasteiger partial charge in [0.05, 0.1) is 5.69 Å². The van der Waals surface area contributed by atoms with Gasteiger partial charge in [-0.1, -0.05) is 47.6 Å². The van der Waals surface area contributed by atoms with E-state index in [1.54, 1.807) is 6.07 Å². The van der Waals surface area contributed by atoms with Crippen molar-refractivity contribution in [2.45, 2.75) is 0 Å². The highest BCUT2D eigenvalue weighted by Gasteiger charge is 2.01. The highest BCUT2D eigenvalue weighted by molar-refractivity contribution is 5.85. The van der Waals surface area contributed by atoms with Gasteiger partial charge >= 0.3 is 0 Å². The summed E-state index contributed by atoms with van der Waals surface area (Å²) in [4.78, 5) is 7.24. The Morgan fingerprint density at radius 1 is 0.947 bits per heavy atom. The quantitative estimate of drug-likeness (QED) is 0.362. The molecule has 90 valence electrons. The Morgan fingerprint density at radius 2 is 1.79 bits per heavy atom. The second-order valence-corrected chi connectivity index (χ2v) is 4.16. The van der Waals surface area contributed by atoms with Crippen molar-refractivity contribution in [1.82, 2.24) is 4.98 Å². The molecule has 0 amide bonds. The van der Waals surface area contributed by atoms with Crippen LogP contribution in [0.5, 0.6) is 0 Å². The molecule has 3 rings (SSSR count). The number of azide groups is 1. The number of hydrogen-bond acceptors (Lipinski definition) is 2. The lowest BCUT2D eigenvalue weighted by Gasteiger charge is -2.03. The van der Waals surface area contributed by atoms with Crippen molar-refractivity contribution in [2.24, 2.45) is 5.11 Å². The number of fused-ring (bicyclic) bond motifs is 1. The summed E-state index contributed by atoms with van der Waals surface area (Å²) < 4.78 is 0. The largest absolute Gasteiger partial charge is 0.256 e. The summed E-state index contributed by atoms with van der Waals surface area (Å²) in [5.41, 5.74) is 10.9. The van der Waals surface area contributed by atoms with Crippen LogP contribution >= 0.6 is 0 Å². The summed E-state index contributed by atoms with van der Waals surface area (Å²) in [6.07, 6.45) is 1.85. The fourth-order valence-electron chi connectivity index (χ4n) is 2.02. The van der Waals surface area contributed by atoms with Gasteiger partial charge in [0, 0.05) is 27.7 Å². The normalized spacial score (nSPS) is 10.1. The number of pyridine rings is 1. The van der Waals surface area contributed by atoms with E-state index in [1.807, 2.05) is 48.7 Å². The summed E-state index contributed by atoms with van der Waals surface area (Å²) in [5.74, 6) is 0. The van der Waals surface area contributed by atoms with E-state index < -0.39 is 0 Å². The molecule has 19 heavy (non-hydrogen) atoms. The van der Waals surface area contributed by atoms with Crippen LogP contribution in [0.2, 0.25) is 0 Å². The molecule has 2 aromatic carbocycles. The van der Waals surface area contributed by atoms with E-state index in [0.717, 1.165) is 22.0 Å². The zero-order valence-electron chi connectivity index (χ0n) is 10.1. The van der Waals surface area contributed by atoms with E-state index in [9.17, 15) is 0 Å². The third-order valence-corrected chi connectivity index (χ3v) is 2.93. The zero-order chi connectivity index (χ0) is 13.1. The monoisotopic (exact) mass is 246 g/mol. The van der Waals surface area contributed by atoms with Crippen LogP contribution < -0.4 is 0 Å². The Balaban J connectivity index is 2.13. The molecule has 0 bridgehead atoms. The first kappa shape index (κ1) is 11.3. The van der Waals surface area contributed by atoms with Crippen LogP contribution in [0.1, 0.15) is 0 Å². The molecule has 0 radical (unpaired) electrons. The second-order valence-electron chi connectivity index (χ2n) is 4.16. The predicted molar refractivity (Wildman–Crippen MR) is 76.0 cm³/mol. The Labute approximate surface area is 110 Å². The molecule has 4 heteroatoms. The topological polar surface area (TPSA) is 61.7 Å². The van der Waals surface area contributed by atoms with Gasteiger partial charge in [0.1, 0.15) is 0 Å². The van der Waals surface area contributed by atoms with Gasteiger partial charge in [-0.05, 0) is 23.1 Å². The summed E-state index contributed by atoms with van der Waals surface area (Å²) >= 11 is 0. The smallest absolute Gasteiger partial charge is 0.0708 e. The lowest BCUT2D eigenvalue weighted by atomic mass is 10.1. The van der Waals surface area contributed by atoms with Crippen LogP contribution in [0.15, 0.2) is 65.9 Å². The number of nitrogens with zero attached hydrogens (tertiary/aromatic N) is 4. The SMILES string of the molecule is [N-]=[N+]=Nc1cccc(-c2cc3ccccc3cn2)c1. The molecule has 1 heterocycles. The fraction of sp³-hybridized carbons (Fsp3) is 0. The van der Waals surface area contributed by atoms with Crippen LogP contribution in [0.3, 0.4) is 0 Å². The first-order valence-corrected chi connectivity index (χ1v) is 5.87. The maximum absolute atomic E-state index is 8.47. The van der Waals surface area contributed by atoms with E-state index >= 15 is 0 Å². The molecular formula is C15H10N4. The van der Waals surface area contributed by atoms with E-state index in [1.165, 1.54) is 0 Å². The maximum Gasteiger partial charge on any atom is 0.0708 e. The maximum atomic E-state index is 8.47. The Kier molecular flexibility index (Phi) is 2.85. The standard InChI is InChI=1S/C15H10N4/c16-19-18-14-7-3-6-12(8-14)15-9-11-4-1-2-5-13(11)10-17-15/h1-10H. The summed E-state index contributed by atoms with van der Waals surface area (Å²) in [6.45, 7) is 0. The van der Waals surface area contributed by atoms with Crippen LogP contribution in [-0.4, -0.2) is 4.98 Å². The van der Waals surface area contributed by atoms with E-state index in [2.05, 4.69) is 21.1 Å². The number of aromatic nitrogens is 1. The molecule has 0 fully saturated rings. The summed E-state index contributed by atoms with van der Waals surface area (Å²) in [7, 11) is 0. The minimum Gasteiger partial charge on any atom is -0.256 e. The molecule has 0 aliphatic carbocycles. The lowest BCUT2D eigenvalue weighted by Crippen LogP contribution is -1.83. The van der Waals surface area contributed by atoms with E-state index in [4.69, 9.17) is 5.53 Å². The van der Waals surface area contributed by atoms with Gasteiger partial charge < -0.3 is 0 Å². The van der Waals surface area contributed by atoms with Crippen LogP contribution in [0, 0.1) is 0 Å². The molecule has 0 aliphatic rings. The molecule has 1 aromatic heterocycles. The van der Waals surface area contributed by atoms with Crippen LogP contribution in [-0.2, 0) is 0 Å². The Hall–Kier alpha value is -2.84. The third kappa shape index (κ3) is 2.25. The van der Waals surface area contributed by atoms with E-state index in [-0.39, 0.29) is 0 Å². The van der Waals surface area contributed by atoms with Gasteiger partial charge in [0.2, 0.25) is 0 Å². The zero-order valence-corrected chi connectivity index (χ0v) is 10.1. The second kappa shape index (κ2) is 4.80. The average molecular weight is 246 g/mol. The first-order valence-electron chi connectivity index (χ1n) is 5.87. The molecule has 0 N–H and O–H groups in total. The van der Waals surface area contributed by atoms with Gasteiger partial charge in [-0.3, -0.25) is 4.98 Å². The highest BCUT2D eigenvalue weighted by atomic mass is 15.1. The molecular weight excluding hydrogens is 236 g/mol. The Morgan fingerprint density at radius 3 is 2.63 bits per heavy atom. The van der Waals surface area contributed by atoms with Crippen molar-refractivity contribution in [3.05, 3.63) is 71.2 Å². The molecule has 0 spiro atoms. The molecule has 0 atom stereocenters. The van der Waals surface area contributed by atoms with Crippen molar-refractivity contribution in [3.63, 3.8) is 0 Å². The fourth-order valence-corrected chi connectivity index (χ4v) is 2.02. The molecule has 0 aliphatic heterocycles. The van der Waals surface area contributed by atoms with Crippen molar-refractivity contribution in [2.75, 3.05) is 0 Å². The van der Waals surface area contributed by atoms with Crippen molar-refractivity contribution < 1.29 is 0 Å².